The first-order valence-corrected chi connectivity index (χ1v) is 6.79. The topological polar surface area (TPSA) is 69.6 Å². The highest BCUT2D eigenvalue weighted by molar-refractivity contribution is 5.80. The normalized spacial score (nSPS) is 15.1. The van der Waals surface area contributed by atoms with Crippen LogP contribution in [0.4, 0.5) is 0 Å². The molecule has 0 saturated heterocycles. The minimum atomic E-state index is -1.05. The number of aliphatic hydroxyl groups excluding tert-OH is 2. The Morgan fingerprint density at radius 1 is 1.16 bits per heavy atom. The number of hydrogen-bond donors (Lipinski definition) is 3. The fraction of sp³-hybridized carbons (Fsp3) is 0.800. The second-order valence-electron chi connectivity index (χ2n) is 5.73. The van der Waals surface area contributed by atoms with Crippen LogP contribution in [-0.4, -0.2) is 41.8 Å². The average Bonchev–Trinajstić information content (AvgIpc) is 2.23. The summed E-state index contributed by atoms with van der Waals surface area (Å²) in [5.41, 5.74) is 0.950. The second kappa shape index (κ2) is 11.1. The lowest BCUT2D eigenvalue weighted by atomic mass is 9.92. The van der Waals surface area contributed by atoms with Crippen LogP contribution >= 0.6 is 0 Å². The van der Waals surface area contributed by atoms with Gasteiger partial charge in [-0.05, 0) is 33.7 Å². The molecule has 3 atom stereocenters. The molecule has 19 heavy (non-hydrogen) atoms. The molecule has 0 fully saturated rings. The van der Waals surface area contributed by atoms with Gasteiger partial charge < -0.3 is 15.5 Å². The largest absolute Gasteiger partial charge is 0.389 e. The lowest BCUT2D eigenvalue weighted by molar-refractivity contribution is -0.125. The van der Waals surface area contributed by atoms with Crippen molar-refractivity contribution in [2.24, 2.45) is 11.8 Å². The molecule has 0 aliphatic carbocycles. The molecular weight excluding hydrogens is 242 g/mol. The third kappa shape index (κ3) is 12.1. The second-order valence-corrected chi connectivity index (χ2v) is 5.73. The van der Waals surface area contributed by atoms with E-state index in [9.17, 15) is 15.0 Å². The van der Waals surface area contributed by atoms with Gasteiger partial charge in [-0.2, -0.15) is 0 Å². The van der Waals surface area contributed by atoms with Crippen LogP contribution in [0.2, 0.25) is 0 Å². The van der Waals surface area contributed by atoms with Crippen molar-refractivity contribution in [3.05, 3.63) is 11.6 Å². The van der Waals surface area contributed by atoms with Crippen LogP contribution in [0.15, 0.2) is 11.6 Å². The van der Waals surface area contributed by atoms with E-state index in [1.807, 2.05) is 13.8 Å². The summed E-state index contributed by atoms with van der Waals surface area (Å²) in [6.45, 7) is 11.9. The Kier molecular flexibility index (Phi) is 12.1. The van der Waals surface area contributed by atoms with Crippen LogP contribution < -0.4 is 5.32 Å². The zero-order valence-electron chi connectivity index (χ0n) is 13.4. The van der Waals surface area contributed by atoms with Gasteiger partial charge in [0.2, 0.25) is 0 Å². The summed E-state index contributed by atoms with van der Waals surface area (Å²) < 4.78 is 0. The van der Waals surface area contributed by atoms with Gasteiger partial charge in [0, 0.05) is 6.54 Å². The number of likely N-dealkylation sites (N-methyl/N-ethyl adjacent to an activating group) is 1. The van der Waals surface area contributed by atoms with E-state index < -0.39 is 18.1 Å². The maximum atomic E-state index is 11.3. The predicted octanol–water partition coefficient (Wildman–Crippen LogP) is 1.76. The molecule has 4 nitrogen and oxygen atoms in total. The Morgan fingerprint density at radius 3 is 1.84 bits per heavy atom. The smallest absolute Gasteiger partial charge is 0.139 e. The van der Waals surface area contributed by atoms with Crippen LogP contribution in [0.3, 0.4) is 0 Å². The first-order valence-electron chi connectivity index (χ1n) is 6.79. The molecular formula is C15H31NO3. The summed E-state index contributed by atoms with van der Waals surface area (Å²) in [6.07, 6.45) is -0.296. The summed E-state index contributed by atoms with van der Waals surface area (Å²) in [7, 11) is 1.68. The zero-order chi connectivity index (χ0) is 15.6. The van der Waals surface area contributed by atoms with E-state index in [1.54, 1.807) is 13.1 Å². The van der Waals surface area contributed by atoms with Crippen LogP contribution in [0.1, 0.15) is 41.5 Å². The van der Waals surface area contributed by atoms with Gasteiger partial charge in [0.15, 0.2) is 0 Å². The first-order chi connectivity index (χ1) is 8.63. The van der Waals surface area contributed by atoms with Gasteiger partial charge in [0.1, 0.15) is 5.78 Å². The minimum absolute atomic E-state index is 0.140. The molecule has 0 aromatic heterocycles. The van der Waals surface area contributed by atoms with Gasteiger partial charge in [-0.25, -0.2) is 0 Å². The molecule has 0 aromatic rings. The molecule has 3 unspecified atom stereocenters. The maximum absolute atomic E-state index is 11.3. The van der Waals surface area contributed by atoms with Crippen molar-refractivity contribution in [2.45, 2.75) is 53.8 Å². The van der Waals surface area contributed by atoms with Crippen LogP contribution in [0.5, 0.6) is 0 Å². The van der Waals surface area contributed by atoms with Crippen LogP contribution in [0.25, 0.3) is 0 Å². The lowest BCUT2D eigenvalue weighted by Gasteiger charge is -2.23. The summed E-state index contributed by atoms with van der Waals surface area (Å²) in [5, 5.41) is 22.1. The number of rotatable bonds is 6. The van der Waals surface area contributed by atoms with E-state index in [2.05, 4.69) is 26.1 Å². The van der Waals surface area contributed by atoms with Gasteiger partial charge in [-0.3, -0.25) is 4.79 Å². The van der Waals surface area contributed by atoms with Crippen LogP contribution in [-0.2, 0) is 4.79 Å². The fourth-order valence-corrected chi connectivity index (χ4v) is 1.38. The summed E-state index contributed by atoms with van der Waals surface area (Å²) >= 11 is 0. The van der Waals surface area contributed by atoms with E-state index in [0.717, 1.165) is 11.5 Å². The fourth-order valence-electron chi connectivity index (χ4n) is 1.38. The number of ketones is 1. The molecule has 0 radical (unpaired) electrons. The van der Waals surface area contributed by atoms with Gasteiger partial charge in [0.05, 0.1) is 18.1 Å². The van der Waals surface area contributed by atoms with Crippen molar-refractivity contribution in [1.82, 2.24) is 5.32 Å². The highest BCUT2D eigenvalue weighted by Gasteiger charge is 2.27. The summed E-state index contributed by atoms with van der Waals surface area (Å²) in [5.74, 6) is 0.0669. The molecule has 114 valence electrons. The first kappa shape index (κ1) is 20.6. The molecule has 0 aliphatic rings. The number of nitrogens with one attached hydrogen (secondary N) is 1. The Bertz CT molecular complexity index is 268. The lowest BCUT2D eigenvalue weighted by Crippen LogP contribution is -2.41. The van der Waals surface area contributed by atoms with Crippen molar-refractivity contribution in [3.63, 3.8) is 0 Å². The number of carbonyl (C=O) groups is 1. The molecule has 0 aromatic carbocycles. The van der Waals surface area contributed by atoms with E-state index in [0.29, 0.717) is 0 Å². The SMILES string of the molecule is CC(C)C.CNCC(O)C(O)C(C=C(C)C)C(C)=O. The van der Waals surface area contributed by atoms with E-state index in [1.165, 1.54) is 6.92 Å². The van der Waals surface area contributed by atoms with Gasteiger partial charge in [-0.1, -0.05) is 32.4 Å². The van der Waals surface area contributed by atoms with Crippen LogP contribution in [0, 0.1) is 11.8 Å². The third-order valence-electron chi connectivity index (χ3n) is 2.16. The Hall–Kier alpha value is -0.710. The maximum Gasteiger partial charge on any atom is 0.139 e. The predicted molar refractivity (Wildman–Crippen MR) is 80.1 cm³/mol. The van der Waals surface area contributed by atoms with E-state index in [-0.39, 0.29) is 12.3 Å². The third-order valence-corrected chi connectivity index (χ3v) is 2.16. The molecule has 0 heterocycles. The Balaban J connectivity index is 0. The monoisotopic (exact) mass is 273 g/mol. The van der Waals surface area contributed by atoms with Gasteiger partial charge >= 0.3 is 0 Å². The molecule has 0 aliphatic heterocycles. The zero-order valence-corrected chi connectivity index (χ0v) is 13.4. The molecule has 0 spiro atoms. The number of aliphatic hydroxyl groups is 2. The summed E-state index contributed by atoms with van der Waals surface area (Å²) in [4.78, 5) is 11.3. The summed E-state index contributed by atoms with van der Waals surface area (Å²) in [6, 6.07) is 0. The number of carbonyl (C=O) groups excluding carboxylic acids is 1. The molecule has 3 N–H and O–H groups in total. The quantitative estimate of drug-likeness (QED) is 0.645. The highest BCUT2D eigenvalue weighted by Crippen LogP contribution is 2.13. The van der Waals surface area contributed by atoms with Crippen molar-refractivity contribution in [2.75, 3.05) is 13.6 Å². The Labute approximate surface area is 117 Å². The minimum Gasteiger partial charge on any atom is -0.389 e. The van der Waals surface area contributed by atoms with Crippen molar-refractivity contribution in [1.29, 1.82) is 0 Å². The van der Waals surface area contributed by atoms with Gasteiger partial charge in [-0.15, -0.1) is 0 Å². The number of Topliss-reactive ketones (excluding diaryl/α,β-unsaturated/α-hetero) is 1. The molecule has 0 saturated carbocycles. The Morgan fingerprint density at radius 2 is 1.58 bits per heavy atom. The highest BCUT2D eigenvalue weighted by atomic mass is 16.3. The molecule has 0 rings (SSSR count). The van der Waals surface area contributed by atoms with Crippen molar-refractivity contribution >= 4 is 5.78 Å². The number of allylic oxidation sites excluding steroid dienone is 1. The van der Waals surface area contributed by atoms with Gasteiger partial charge in [0.25, 0.3) is 0 Å². The standard InChI is InChI=1S/C11H21NO3.C4H10/c1-7(2)5-9(8(3)13)11(15)10(14)6-12-4;1-4(2)3/h5,9-12,14-15H,6H2,1-4H3;4H,1-3H3. The van der Waals surface area contributed by atoms with Crippen molar-refractivity contribution < 1.29 is 15.0 Å². The average molecular weight is 273 g/mol. The molecule has 0 amide bonds. The number of hydrogen-bond acceptors (Lipinski definition) is 4. The van der Waals surface area contributed by atoms with Crippen molar-refractivity contribution in [3.8, 4) is 0 Å². The molecule has 0 bridgehead atoms. The van der Waals surface area contributed by atoms with E-state index in [4.69, 9.17) is 0 Å². The molecule has 4 heteroatoms. The van der Waals surface area contributed by atoms with E-state index >= 15 is 0 Å².